The van der Waals surface area contributed by atoms with Gasteiger partial charge in [-0.05, 0) is 24.6 Å². The Morgan fingerprint density at radius 3 is 2.59 bits per heavy atom. The summed E-state index contributed by atoms with van der Waals surface area (Å²) in [4.78, 5) is 13.1. The van der Waals surface area contributed by atoms with E-state index in [4.69, 9.17) is 0 Å². The highest BCUT2D eigenvalue weighted by molar-refractivity contribution is 5.86. The second-order valence-corrected chi connectivity index (χ2v) is 6.49. The van der Waals surface area contributed by atoms with Crippen LogP contribution in [0.15, 0.2) is 42.7 Å². The van der Waals surface area contributed by atoms with Crippen molar-refractivity contribution in [2.75, 3.05) is 0 Å². The number of hydrogen-bond donors (Lipinski definition) is 0. The summed E-state index contributed by atoms with van der Waals surface area (Å²) in [6, 6.07) is 7.02. The Kier molecular flexibility index (Phi) is 3.50. The first-order valence-electron chi connectivity index (χ1n) is 8.57. The van der Waals surface area contributed by atoms with E-state index in [0.29, 0.717) is 17.3 Å². The molecule has 0 fully saturated rings. The van der Waals surface area contributed by atoms with E-state index in [1.54, 1.807) is 12.4 Å². The molecule has 1 aliphatic rings. The normalized spacial score (nSPS) is 13.3. The van der Waals surface area contributed by atoms with Gasteiger partial charge < -0.3 is 4.57 Å². The summed E-state index contributed by atoms with van der Waals surface area (Å²) >= 11 is 0. The molecule has 0 saturated heterocycles. The summed E-state index contributed by atoms with van der Waals surface area (Å²) in [5.74, 6) is -2.39. The lowest BCUT2D eigenvalue weighted by molar-refractivity contribution is 0.497. The topological polar surface area (TPSA) is 43.6 Å². The van der Waals surface area contributed by atoms with E-state index < -0.39 is 17.5 Å². The number of rotatable bonds is 2. The zero-order chi connectivity index (χ0) is 18.5. The lowest BCUT2D eigenvalue weighted by Gasteiger charge is -2.10. The molecule has 2 aromatic carbocycles. The van der Waals surface area contributed by atoms with Crippen LogP contribution in [0.25, 0.3) is 33.5 Å². The van der Waals surface area contributed by atoms with Crippen LogP contribution in [0.4, 0.5) is 13.2 Å². The van der Waals surface area contributed by atoms with E-state index in [0.717, 1.165) is 42.4 Å². The maximum absolute atomic E-state index is 14.5. The fraction of sp³-hybridized carbons (Fsp3) is 0.150. The molecule has 0 atom stereocenters. The monoisotopic (exact) mass is 366 g/mol. The maximum atomic E-state index is 14.5. The van der Waals surface area contributed by atoms with Crippen LogP contribution in [0, 0.1) is 17.5 Å². The molecule has 1 aliphatic heterocycles. The van der Waals surface area contributed by atoms with Gasteiger partial charge in [-0.1, -0.05) is 6.07 Å². The Hall–Kier alpha value is -3.22. The Balaban J connectivity index is 1.79. The van der Waals surface area contributed by atoms with Gasteiger partial charge in [0.2, 0.25) is 0 Å². The predicted molar refractivity (Wildman–Crippen MR) is 94.4 cm³/mol. The SMILES string of the molecule is Fc1cc(F)c(F)c(-c2nc3n(c2-c2ccc4nccnc4c2)CCC3)c1. The van der Waals surface area contributed by atoms with Crippen molar-refractivity contribution in [3.63, 3.8) is 0 Å². The van der Waals surface area contributed by atoms with Gasteiger partial charge in [-0.3, -0.25) is 9.97 Å². The first kappa shape index (κ1) is 16.0. The molecule has 0 N–H and O–H groups in total. The number of nitrogens with zero attached hydrogens (tertiary/aromatic N) is 4. The van der Waals surface area contributed by atoms with Gasteiger partial charge in [0.05, 0.1) is 22.4 Å². The van der Waals surface area contributed by atoms with Gasteiger partial charge in [0.15, 0.2) is 11.6 Å². The van der Waals surface area contributed by atoms with Crippen LogP contribution in [0.5, 0.6) is 0 Å². The number of benzene rings is 2. The summed E-state index contributed by atoms with van der Waals surface area (Å²) in [5, 5.41) is 0. The van der Waals surface area contributed by atoms with Gasteiger partial charge in [0, 0.05) is 42.6 Å². The van der Waals surface area contributed by atoms with Gasteiger partial charge in [-0.25, -0.2) is 18.2 Å². The summed E-state index contributed by atoms with van der Waals surface area (Å²) in [5.41, 5.74) is 2.86. The first-order valence-corrected chi connectivity index (χ1v) is 8.57. The summed E-state index contributed by atoms with van der Waals surface area (Å²) in [6.07, 6.45) is 4.85. The van der Waals surface area contributed by atoms with Crippen molar-refractivity contribution in [2.45, 2.75) is 19.4 Å². The van der Waals surface area contributed by atoms with Crippen LogP contribution in [-0.2, 0) is 13.0 Å². The van der Waals surface area contributed by atoms with Gasteiger partial charge >= 0.3 is 0 Å². The number of hydrogen-bond acceptors (Lipinski definition) is 3. The van der Waals surface area contributed by atoms with Crippen LogP contribution in [0.1, 0.15) is 12.2 Å². The fourth-order valence-corrected chi connectivity index (χ4v) is 3.65. The fourth-order valence-electron chi connectivity index (χ4n) is 3.65. The Labute approximate surface area is 152 Å². The molecule has 4 nitrogen and oxygen atoms in total. The van der Waals surface area contributed by atoms with Crippen molar-refractivity contribution in [1.29, 1.82) is 0 Å². The zero-order valence-electron chi connectivity index (χ0n) is 14.1. The third kappa shape index (κ3) is 2.50. The second kappa shape index (κ2) is 5.90. The zero-order valence-corrected chi connectivity index (χ0v) is 14.1. The molecule has 4 aromatic rings. The number of imidazole rings is 1. The lowest BCUT2D eigenvalue weighted by atomic mass is 10.0. The molecule has 0 saturated carbocycles. The molecule has 3 heterocycles. The van der Waals surface area contributed by atoms with Gasteiger partial charge in [-0.15, -0.1) is 0 Å². The van der Waals surface area contributed by atoms with Crippen molar-refractivity contribution in [3.05, 3.63) is 66.0 Å². The first-order chi connectivity index (χ1) is 13.1. The summed E-state index contributed by atoms with van der Waals surface area (Å²) in [7, 11) is 0. The molecule has 0 amide bonds. The second-order valence-electron chi connectivity index (χ2n) is 6.49. The Morgan fingerprint density at radius 1 is 0.926 bits per heavy atom. The maximum Gasteiger partial charge on any atom is 0.168 e. The average Bonchev–Trinajstić information content (AvgIpc) is 3.25. The van der Waals surface area contributed by atoms with Crippen LogP contribution >= 0.6 is 0 Å². The third-order valence-corrected chi connectivity index (χ3v) is 4.82. The molecule has 0 radical (unpaired) electrons. The van der Waals surface area contributed by atoms with Crippen molar-refractivity contribution >= 4 is 11.0 Å². The Bertz CT molecular complexity index is 1200. The highest BCUT2D eigenvalue weighted by Crippen LogP contribution is 2.38. The van der Waals surface area contributed by atoms with Gasteiger partial charge in [-0.2, -0.15) is 0 Å². The van der Waals surface area contributed by atoms with E-state index >= 15 is 0 Å². The average molecular weight is 366 g/mol. The third-order valence-electron chi connectivity index (χ3n) is 4.82. The van der Waals surface area contributed by atoms with E-state index in [1.165, 1.54) is 0 Å². The number of fused-ring (bicyclic) bond motifs is 2. The van der Waals surface area contributed by atoms with Crippen molar-refractivity contribution < 1.29 is 13.2 Å². The summed E-state index contributed by atoms with van der Waals surface area (Å²) < 4.78 is 44.0. The predicted octanol–water partition coefficient (Wildman–Crippen LogP) is 4.52. The molecule has 0 unspecified atom stereocenters. The highest BCUT2D eigenvalue weighted by Gasteiger charge is 2.26. The molecular weight excluding hydrogens is 353 g/mol. The minimum Gasteiger partial charge on any atom is -0.327 e. The number of aromatic nitrogens is 4. The standard InChI is InChI=1S/C20H13F3N4/c21-12-9-13(18(23)14(22)10-12)19-20(27-7-1-2-17(27)26-19)11-3-4-15-16(8-11)25-6-5-24-15/h3-6,8-10H,1-2,7H2. The molecule has 27 heavy (non-hydrogen) atoms. The molecule has 0 aliphatic carbocycles. The molecule has 0 spiro atoms. The largest absolute Gasteiger partial charge is 0.327 e. The molecule has 134 valence electrons. The number of halogens is 3. The van der Waals surface area contributed by atoms with Crippen LogP contribution in [-0.4, -0.2) is 19.5 Å². The lowest BCUT2D eigenvalue weighted by Crippen LogP contribution is -1.98. The van der Waals surface area contributed by atoms with Crippen molar-refractivity contribution in [1.82, 2.24) is 19.5 Å². The summed E-state index contributed by atoms with van der Waals surface area (Å²) in [6.45, 7) is 0.718. The van der Waals surface area contributed by atoms with Crippen molar-refractivity contribution in [2.24, 2.45) is 0 Å². The smallest absolute Gasteiger partial charge is 0.168 e. The molecule has 5 rings (SSSR count). The van der Waals surface area contributed by atoms with Crippen LogP contribution in [0.3, 0.4) is 0 Å². The van der Waals surface area contributed by atoms with E-state index in [-0.39, 0.29) is 11.3 Å². The van der Waals surface area contributed by atoms with E-state index in [1.807, 2.05) is 22.8 Å². The molecular formula is C20H13F3N4. The minimum atomic E-state index is -1.23. The highest BCUT2D eigenvalue weighted by atomic mass is 19.2. The van der Waals surface area contributed by atoms with E-state index in [9.17, 15) is 13.2 Å². The van der Waals surface area contributed by atoms with Crippen LogP contribution < -0.4 is 0 Å². The van der Waals surface area contributed by atoms with Gasteiger partial charge in [0.1, 0.15) is 11.6 Å². The van der Waals surface area contributed by atoms with Gasteiger partial charge in [0.25, 0.3) is 0 Å². The minimum absolute atomic E-state index is 0.177. The van der Waals surface area contributed by atoms with E-state index in [2.05, 4.69) is 15.0 Å². The molecule has 2 aromatic heterocycles. The quantitative estimate of drug-likeness (QED) is 0.490. The number of aryl methyl sites for hydroxylation is 1. The van der Waals surface area contributed by atoms with Crippen molar-refractivity contribution in [3.8, 4) is 22.5 Å². The molecule has 7 heteroatoms. The molecule has 0 bridgehead atoms. The Morgan fingerprint density at radius 2 is 1.74 bits per heavy atom. The van der Waals surface area contributed by atoms with Crippen LogP contribution in [0.2, 0.25) is 0 Å².